The van der Waals surface area contributed by atoms with Crippen molar-refractivity contribution in [2.75, 3.05) is 13.2 Å². The molecule has 0 fully saturated rings. The van der Waals surface area contributed by atoms with Gasteiger partial charge in [0, 0.05) is 6.54 Å². The summed E-state index contributed by atoms with van der Waals surface area (Å²) in [5, 5.41) is 2.64. The molecule has 132 valence electrons. The lowest BCUT2D eigenvalue weighted by atomic mass is 9.97. The van der Waals surface area contributed by atoms with Crippen molar-refractivity contribution in [3.63, 3.8) is 0 Å². The first kappa shape index (κ1) is 21.2. The molecule has 0 bridgehead atoms. The van der Waals surface area contributed by atoms with E-state index in [2.05, 4.69) is 5.32 Å². The summed E-state index contributed by atoms with van der Waals surface area (Å²) in [5.41, 5.74) is -0.927. The molecule has 0 rings (SSSR count). The molecule has 1 N–H and O–H groups in total. The van der Waals surface area contributed by atoms with Gasteiger partial charge < -0.3 is 14.8 Å². The third kappa shape index (κ3) is 13.6. The largest absolute Gasteiger partial charge is 0.465 e. The monoisotopic (exact) mass is 325 g/mol. The number of amides is 1. The molecule has 0 aromatic rings. The molecule has 23 heavy (non-hydrogen) atoms. The number of rotatable bonds is 7. The number of hydrogen-bond acceptors (Lipinski definition) is 4. The lowest BCUT2D eigenvalue weighted by molar-refractivity contribution is -0.153. The van der Waals surface area contributed by atoms with Crippen LogP contribution in [0.2, 0.25) is 0 Å². The molecule has 0 spiro atoms. The van der Waals surface area contributed by atoms with Gasteiger partial charge in [0.1, 0.15) is 5.60 Å². The Morgan fingerprint density at radius 2 is 1.61 bits per heavy atom. The number of nitrogens with one attached hydrogen (secondary N) is 1. The molecule has 0 aliphatic rings. The van der Waals surface area contributed by atoms with Crippen LogP contribution in [0.15, 0.2) is 24.3 Å². The van der Waals surface area contributed by atoms with Crippen molar-refractivity contribution in [1.82, 2.24) is 5.32 Å². The van der Waals surface area contributed by atoms with E-state index in [0.29, 0.717) is 13.2 Å². The third-order valence-corrected chi connectivity index (χ3v) is 2.51. The topological polar surface area (TPSA) is 64.6 Å². The van der Waals surface area contributed by atoms with Crippen LogP contribution in [-0.2, 0) is 14.3 Å². The Labute approximate surface area is 140 Å². The minimum atomic E-state index is -0.482. The minimum absolute atomic E-state index is 0.172. The van der Waals surface area contributed by atoms with Crippen LogP contribution in [0, 0.1) is 5.41 Å². The molecule has 0 aromatic heterocycles. The first-order valence-electron chi connectivity index (χ1n) is 7.98. The van der Waals surface area contributed by atoms with E-state index in [1.54, 1.807) is 0 Å². The van der Waals surface area contributed by atoms with Gasteiger partial charge in [0.25, 0.3) is 0 Å². The van der Waals surface area contributed by atoms with Crippen LogP contribution in [0.3, 0.4) is 0 Å². The molecule has 0 saturated carbocycles. The molecule has 5 heteroatoms. The summed E-state index contributed by atoms with van der Waals surface area (Å²) in [6.07, 6.45) is 8.80. The molecular weight excluding hydrogens is 294 g/mol. The fourth-order valence-corrected chi connectivity index (χ4v) is 1.36. The van der Waals surface area contributed by atoms with Crippen molar-refractivity contribution >= 4 is 12.1 Å². The van der Waals surface area contributed by atoms with E-state index >= 15 is 0 Å². The number of hydrogen-bond donors (Lipinski definition) is 1. The van der Waals surface area contributed by atoms with Crippen molar-refractivity contribution in [3.8, 4) is 0 Å². The van der Waals surface area contributed by atoms with Crippen molar-refractivity contribution in [2.24, 2.45) is 5.41 Å². The summed E-state index contributed by atoms with van der Waals surface area (Å²) >= 11 is 0. The highest BCUT2D eigenvalue weighted by atomic mass is 16.6. The molecule has 0 atom stereocenters. The second kappa shape index (κ2) is 10.1. The molecule has 0 aliphatic heterocycles. The fourth-order valence-electron chi connectivity index (χ4n) is 1.36. The van der Waals surface area contributed by atoms with Gasteiger partial charge in [-0.3, -0.25) is 4.79 Å². The normalized spacial score (nSPS) is 12.6. The fraction of sp³-hybridized carbons (Fsp3) is 0.667. The SMILES string of the molecule is CC(C)(C)OC(=O)NC/C=C\C=C\CCCOC(=O)C(C)(C)C. The summed E-state index contributed by atoms with van der Waals surface area (Å²) in [7, 11) is 0. The van der Waals surface area contributed by atoms with E-state index in [0.717, 1.165) is 12.8 Å². The molecular formula is C18H31NO4. The van der Waals surface area contributed by atoms with Gasteiger partial charge in [0.15, 0.2) is 0 Å². The average Bonchev–Trinajstić information content (AvgIpc) is 2.37. The van der Waals surface area contributed by atoms with Crippen LogP contribution in [0.5, 0.6) is 0 Å². The van der Waals surface area contributed by atoms with Crippen LogP contribution in [0.25, 0.3) is 0 Å². The number of carbonyl (C=O) groups is 2. The van der Waals surface area contributed by atoms with Crippen molar-refractivity contribution in [1.29, 1.82) is 0 Å². The Morgan fingerprint density at radius 1 is 1.00 bits per heavy atom. The highest BCUT2D eigenvalue weighted by Crippen LogP contribution is 2.15. The van der Waals surface area contributed by atoms with E-state index in [-0.39, 0.29) is 5.97 Å². The van der Waals surface area contributed by atoms with Gasteiger partial charge in [-0.2, -0.15) is 0 Å². The number of allylic oxidation sites excluding steroid dienone is 3. The highest BCUT2D eigenvalue weighted by molar-refractivity contribution is 5.75. The number of ether oxygens (including phenoxy) is 2. The summed E-state index contributed by atoms with van der Waals surface area (Å²) in [5.74, 6) is -0.172. The molecule has 0 saturated heterocycles. The first-order chi connectivity index (χ1) is 10.5. The number of alkyl carbamates (subject to hydrolysis) is 1. The maximum atomic E-state index is 11.5. The number of esters is 1. The standard InChI is InChI=1S/C18H31NO4/c1-17(2,3)15(20)22-14-12-10-8-7-9-11-13-19-16(21)23-18(4,5)6/h7-9,11H,10,12-14H2,1-6H3,(H,19,21)/b8-7+,11-9-. The summed E-state index contributed by atoms with van der Waals surface area (Å²) < 4.78 is 10.3. The summed E-state index contributed by atoms with van der Waals surface area (Å²) in [4.78, 5) is 22.9. The predicted molar refractivity (Wildman–Crippen MR) is 92.2 cm³/mol. The van der Waals surface area contributed by atoms with Crippen LogP contribution < -0.4 is 5.32 Å². The highest BCUT2D eigenvalue weighted by Gasteiger charge is 2.22. The molecule has 1 amide bonds. The number of carbonyl (C=O) groups excluding carboxylic acids is 2. The zero-order valence-electron chi connectivity index (χ0n) is 15.3. The molecule has 0 radical (unpaired) electrons. The van der Waals surface area contributed by atoms with Gasteiger partial charge in [0.2, 0.25) is 0 Å². The Balaban J connectivity index is 3.68. The van der Waals surface area contributed by atoms with Crippen molar-refractivity contribution < 1.29 is 19.1 Å². The molecule has 0 aromatic carbocycles. The van der Waals surface area contributed by atoms with Crippen LogP contribution in [0.1, 0.15) is 54.4 Å². The van der Waals surface area contributed by atoms with Gasteiger partial charge in [-0.1, -0.05) is 24.3 Å². The van der Waals surface area contributed by atoms with E-state index in [9.17, 15) is 9.59 Å². The Bertz CT molecular complexity index is 425. The van der Waals surface area contributed by atoms with Crippen molar-refractivity contribution in [2.45, 2.75) is 60.0 Å². The van der Waals surface area contributed by atoms with Gasteiger partial charge in [-0.05, 0) is 54.4 Å². The summed E-state index contributed by atoms with van der Waals surface area (Å²) in [6, 6.07) is 0. The van der Waals surface area contributed by atoms with Gasteiger partial charge in [-0.15, -0.1) is 0 Å². The molecule has 0 aliphatic carbocycles. The number of unbranched alkanes of at least 4 members (excludes halogenated alkanes) is 1. The smallest absolute Gasteiger partial charge is 0.407 e. The maximum absolute atomic E-state index is 11.5. The molecule has 5 nitrogen and oxygen atoms in total. The van der Waals surface area contributed by atoms with Gasteiger partial charge in [0.05, 0.1) is 12.0 Å². The summed E-state index contributed by atoms with van der Waals surface area (Å²) in [6.45, 7) is 11.8. The van der Waals surface area contributed by atoms with Crippen LogP contribution in [0.4, 0.5) is 4.79 Å². The van der Waals surface area contributed by atoms with Crippen LogP contribution >= 0.6 is 0 Å². The zero-order chi connectivity index (χ0) is 17.9. The lowest BCUT2D eigenvalue weighted by Gasteiger charge is -2.19. The van der Waals surface area contributed by atoms with E-state index in [1.165, 1.54) is 0 Å². The van der Waals surface area contributed by atoms with Crippen molar-refractivity contribution in [3.05, 3.63) is 24.3 Å². The van der Waals surface area contributed by atoms with Crippen LogP contribution in [-0.4, -0.2) is 30.8 Å². The quantitative estimate of drug-likeness (QED) is 0.436. The van der Waals surface area contributed by atoms with E-state index in [1.807, 2.05) is 65.8 Å². The van der Waals surface area contributed by atoms with Gasteiger partial charge in [-0.25, -0.2) is 4.79 Å². The Morgan fingerprint density at radius 3 is 2.17 bits per heavy atom. The third-order valence-electron chi connectivity index (χ3n) is 2.51. The second-order valence-corrected chi connectivity index (χ2v) is 7.27. The molecule has 0 heterocycles. The molecule has 0 unspecified atom stereocenters. The van der Waals surface area contributed by atoms with Gasteiger partial charge >= 0.3 is 12.1 Å². The maximum Gasteiger partial charge on any atom is 0.407 e. The lowest BCUT2D eigenvalue weighted by Crippen LogP contribution is -2.32. The average molecular weight is 325 g/mol. The zero-order valence-corrected chi connectivity index (χ0v) is 15.3. The minimum Gasteiger partial charge on any atom is -0.465 e. The second-order valence-electron chi connectivity index (χ2n) is 7.27. The first-order valence-corrected chi connectivity index (χ1v) is 7.98. The Hall–Kier alpha value is -1.78. The Kier molecular flexibility index (Phi) is 9.30. The van der Waals surface area contributed by atoms with E-state index < -0.39 is 17.1 Å². The predicted octanol–water partition coefficient (Wildman–Crippen LogP) is 3.99. The van der Waals surface area contributed by atoms with E-state index in [4.69, 9.17) is 9.47 Å².